The summed E-state index contributed by atoms with van der Waals surface area (Å²) in [5, 5.41) is 2.55. The number of nitrogens with zero attached hydrogens (tertiary/aromatic N) is 1. The molecule has 1 N–H and O–H groups in total. The van der Waals surface area contributed by atoms with Crippen molar-refractivity contribution in [2.45, 2.75) is 26.4 Å². The van der Waals surface area contributed by atoms with E-state index in [2.05, 4.69) is 5.32 Å². The average molecular weight is 410 g/mol. The van der Waals surface area contributed by atoms with E-state index >= 15 is 0 Å². The van der Waals surface area contributed by atoms with Crippen LogP contribution in [0.1, 0.15) is 19.4 Å². The smallest absolute Gasteiger partial charge is 0.322 e. The molecule has 0 saturated heterocycles. The molecule has 2 aromatic carbocycles. The van der Waals surface area contributed by atoms with Gasteiger partial charge in [0, 0.05) is 12.6 Å². The maximum atomic E-state index is 13.8. The molecule has 9 heteroatoms. The van der Waals surface area contributed by atoms with Gasteiger partial charge in [-0.1, -0.05) is 18.2 Å². The minimum Gasteiger partial charge on any atom is -0.493 e. The standard InChI is InChI=1S/C19H23FN2O5S/c1-13(2)22(19(23)21-16-8-6-5-7-15(16)20)12-14-9-10-17(26-3)18(11-14)27-28(4,24)25/h5-11,13H,12H2,1-4H3,(H,21,23). The maximum absolute atomic E-state index is 13.8. The summed E-state index contributed by atoms with van der Waals surface area (Å²) in [6.07, 6.45) is 0.932. The molecule has 28 heavy (non-hydrogen) atoms. The van der Waals surface area contributed by atoms with Crippen LogP contribution in [0.4, 0.5) is 14.9 Å². The molecule has 2 amide bonds. The van der Waals surface area contributed by atoms with Gasteiger partial charge in [-0.3, -0.25) is 0 Å². The molecule has 0 aliphatic heterocycles. The van der Waals surface area contributed by atoms with Crippen molar-refractivity contribution in [3.05, 3.63) is 53.8 Å². The van der Waals surface area contributed by atoms with Gasteiger partial charge in [0.25, 0.3) is 0 Å². The Morgan fingerprint density at radius 3 is 2.43 bits per heavy atom. The van der Waals surface area contributed by atoms with Gasteiger partial charge in [0.05, 0.1) is 19.1 Å². The largest absolute Gasteiger partial charge is 0.493 e. The molecule has 152 valence electrons. The van der Waals surface area contributed by atoms with Crippen molar-refractivity contribution in [2.75, 3.05) is 18.7 Å². The SMILES string of the molecule is COc1ccc(CN(C(=O)Nc2ccccc2F)C(C)C)cc1OS(C)(=O)=O. The lowest BCUT2D eigenvalue weighted by Crippen LogP contribution is -2.39. The molecule has 0 bridgehead atoms. The number of ether oxygens (including phenoxy) is 1. The molecule has 7 nitrogen and oxygen atoms in total. The zero-order valence-corrected chi connectivity index (χ0v) is 16.9. The second kappa shape index (κ2) is 8.92. The lowest BCUT2D eigenvalue weighted by atomic mass is 10.1. The second-order valence-electron chi connectivity index (χ2n) is 6.40. The summed E-state index contributed by atoms with van der Waals surface area (Å²) in [4.78, 5) is 14.1. The van der Waals surface area contributed by atoms with Crippen LogP contribution < -0.4 is 14.2 Å². The first kappa shape index (κ1) is 21.5. The van der Waals surface area contributed by atoms with E-state index in [-0.39, 0.29) is 29.8 Å². The number of rotatable bonds is 7. The zero-order chi connectivity index (χ0) is 20.9. The van der Waals surface area contributed by atoms with Crippen molar-refractivity contribution in [3.8, 4) is 11.5 Å². The number of amides is 2. The number of hydrogen-bond acceptors (Lipinski definition) is 5. The molecule has 0 radical (unpaired) electrons. The fraction of sp³-hybridized carbons (Fsp3) is 0.316. The average Bonchev–Trinajstić information content (AvgIpc) is 2.60. The van der Waals surface area contributed by atoms with Gasteiger partial charge in [-0.25, -0.2) is 9.18 Å². The second-order valence-corrected chi connectivity index (χ2v) is 7.98. The van der Waals surface area contributed by atoms with Crippen molar-refractivity contribution >= 4 is 21.8 Å². The Balaban J connectivity index is 2.25. The van der Waals surface area contributed by atoms with E-state index in [9.17, 15) is 17.6 Å². The van der Waals surface area contributed by atoms with Crippen LogP contribution in [0.5, 0.6) is 11.5 Å². The Labute approximate surface area is 164 Å². The number of urea groups is 1. The quantitative estimate of drug-likeness (QED) is 0.705. The van der Waals surface area contributed by atoms with E-state index < -0.39 is 22.0 Å². The number of hydrogen-bond donors (Lipinski definition) is 1. The van der Waals surface area contributed by atoms with Crippen molar-refractivity contribution in [2.24, 2.45) is 0 Å². The molecule has 0 spiro atoms. The predicted molar refractivity (Wildman–Crippen MR) is 105 cm³/mol. The van der Waals surface area contributed by atoms with Gasteiger partial charge in [-0.15, -0.1) is 0 Å². The van der Waals surface area contributed by atoms with Gasteiger partial charge >= 0.3 is 16.1 Å². The summed E-state index contributed by atoms with van der Waals surface area (Å²) in [6.45, 7) is 3.79. The van der Waals surface area contributed by atoms with E-state index in [1.54, 1.807) is 18.2 Å². The zero-order valence-electron chi connectivity index (χ0n) is 16.1. The highest BCUT2D eigenvalue weighted by Crippen LogP contribution is 2.30. The molecule has 2 rings (SSSR count). The fourth-order valence-electron chi connectivity index (χ4n) is 2.48. The Morgan fingerprint density at radius 2 is 1.86 bits per heavy atom. The summed E-state index contributed by atoms with van der Waals surface area (Å²) in [5.74, 6) is -0.255. The fourth-order valence-corrected chi connectivity index (χ4v) is 2.94. The monoisotopic (exact) mass is 410 g/mol. The van der Waals surface area contributed by atoms with E-state index in [0.717, 1.165) is 6.26 Å². The molecule has 0 aliphatic rings. The molecule has 0 unspecified atom stereocenters. The first-order valence-corrected chi connectivity index (χ1v) is 10.3. The van der Waals surface area contributed by atoms with Crippen LogP contribution >= 0.6 is 0 Å². The minimum absolute atomic E-state index is 0.0284. The highest BCUT2D eigenvalue weighted by Gasteiger charge is 2.20. The van der Waals surface area contributed by atoms with Gasteiger partial charge in [0.1, 0.15) is 5.82 Å². The van der Waals surface area contributed by atoms with Crippen LogP contribution in [0.3, 0.4) is 0 Å². The molecule has 0 heterocycles. The molecule has 0 atom stereocenters. The van der Waals surface area contributed by atoms with Crippen LogP contribution in [0.25, 0.3) is 0 Å². The lowest BCUT2D eigenvalue weighted by Gasteiger charge is -2.27. The number of benzene rings is 2. The van der Waals surface area contributed by atoms with Crippen molar-refractivity contribution in [1.82, 2.24) is 4.90 Å². The van der Waals surface area contributed by atoms with Gasteiger partial charge in [-0.05, 0) is 43.7 Å². The molecular weight excluding hydrogens is 387 g/mol. The van der Waals surface area contributed by atoms with E-state index in [1.807, 2.05) is 13.8 Å². The highest BCUT2D eigenvalue weighted by molar-refractivity contribution is 7.86. The first-order chi connectivity index (χ1) is 13.1. The Bertz CT molecular complexity index is 947. The van der Waals surface area contributed by atoms with Crippen molar-refractivity contribution in [1.29, 1.82) is 0 Å². The molecule has 0 aliphatic carbocycles. The molecule has 0 fully saturated rings. The minimum atomic E-state index is -3.75. The number of methoxy groups -OCH3 is 1. The number of anilines is 1. The van der Waals surface area contributed by atoms with Crippen molar-refractivity contribution in [3.63, 3.8) is 0 Å². The summed E-state index contributed by atoms with van der Waals surface area (Å²) in [5.41, 5.74) is 0.700. The number of halogens is 1. The van der Waals surface area contributed by atoms with Crippen LogP contribution in [0, 0.1) is 5.82 Å². The highest BCUT2D eigenvalue weighted by atomic mass is 32.2. The van der Waals surface area contributed by atoms with Gasteiger partial charge in [0.15, 0.2) is 11.5 Å². The summed E-state index contributed by atoms with van der Waals surface area (Å²) < 4.78 is 46.8. The molecular formula is C19H23FN2O5S. The number of nitrogens with one attached hydrogen (secondary N) is 1. The van der Waals surface area contributed by atoms with Gasteiger partial charge in [-0.2, -0.15) is 8.42 Å². The normalized spacial score (nSPS) is 11.2. The number of para-hydroxylation sites is 1. The summed E-state index contributed by atoms with van der Waals surface area (Å²) in [7, 11) is -2.35. The van der Waals surface area contributed by atoms with E-state index in [0.29, 0.717) is 5.56 Å². The summed E-state index contributed by atoms with van der Waals surface area (Å²) >= 11 is 0. The number of carbonyl (C=O) groups is 1. The third kappa shape index (κ3) is 5.85. The van der Waals surface area contributed by atoms with Crippen LogP contribution in [-0.2, 0) is 16.7 Å². The third-order valence-corrected chi connectivity index (χ3v) is 4.30. The molecule has 0 saturated carbocycles. The van der Waals surface area contributed by atoms with Crippen LogP contribution in [0.2, 0.25) is 0 Å². The first-order valence-electron chi connectivity index (χ1n) is 8.49. The van der Waals surface area contributed by atoms with Crippen LogP contribution in [0.15, 0.2) is 42.5 Å². The predicted octanol–water partition coefficient (Wildman–Crippen LogP) is 3.62. The topological polar surface area (TPSA) is 84.9 Å². The van der Waals surface area contributed by atoms with E-state index in [1.165, 1.54) is 36.3 Å². The maximum Gasteiger partial charge on any atom is 0.322 e. The van der Waals surface area contributed by atoms with Crippen LogP contribution in [-0.4, -0.2) is 38.8 Å². The molecule has 0 aromatic heterocycles. The Kier molecular flexibility index (Phi) is 6.85. The Morgan fingerprint density at radius 1 is 1.18 bits per heavy atom. The van der Waals surface area contributed by atoms with Gasteiger partial charge in [0.2, 0.25) is 0 Å². The van der Waals surface area contributed by atoms with Crippen molar-refractivity contribution < 1.29 is 26.5 Å². The summed E-state index contributed by atoms with van der Waals surface area (Å²) in [6, 6.07) is 9.94. The Hall–Kier alpha value is -2.81. The lowest BCUT2D eigenvalue weighted by molar-refractivity contribution is 0.193. The number of carbonyl (C=O) groups excluding carboxylic acids is 1. The molecule has 2 aromatic rings. The van der Waals surface area contributed by atoms with E-state index in [4.69, 9.17) is 8.92 Å². The third-order valence-electron chi connectivity index (χ3n) is 3.82. The van der Waals surface area contributed by atoms with Gasteiger partial charge < -0.3 is 19.1 Å².